The molecular weight excluding hydrogens is 332 g/mol. The molecule has 0 bridgehead atoms. The molecule has 2 aliphatic rings. The maximum Gasteiger partial charge on any atom is 0.326 e. The average Bonchev–Trinajstić information content (AvgIpc) is 3.09. The molecule has 2 atom stereocenters. The molecule has 26 heavy (non-hydrogen) atoms. The van der Waals surface area contributed by atoms with Crippen LogP contribution in [-0.2, 0) is 9.59 Å². The van der Waals surface area contributed by atoms with Gasteiger partial charge in [-0.15, -0.1) is 0 Å². The van der Waals surface area contributed by atoms with Crippen molar-refractivity contribution in [3.8, 4) is 0 Å². The van der Waals surface area contributed by atoms with E-state index in [-0.39, 0.29) is 17.7 Å². The van der Waals surface area contributed by atoms with E-state index in [2.05, 4.69) is 0 Å². The summed E-state index contributed by atoms with van der Waals surface area (Å²) in [5.41, 5.74) is 2.74. The molecule has 1 N–H and O–H groups in total. The van der Waals surface area contributed by atoms with Gasteiger partial charge in [0.1, 0.15) is 6.04 Å². The second-order valence-electron chi connectivity index (χ2n) is 7.49. The van der Waals surface area contributed by atoms with Crippen LogP contribution in [0.15, 0.2) is 18.2 Å². The number of benzene rings is 1. The first-order valence-corrected chi connectivity index (χ1v) is 9.27. The zero-order valence-corrected chi connectivity index (χ0v) is 15.4. The molecule has 2 fully saturated rings. The molecule has 6 nitrogen and oxygen atoms in total. The van der Waals surface area contributed by atoms with Crippen LogP contribution in [0.2, 0.25) is 0 Å². The minimum Gasteiger partial charge on any atom is -0.480 e. The lowest BCUT2D eigenvalue weighted by Crippen LogP contribution is -2.49. The highest BCUT2D eigenvalue weighted by molar-refractivity contribution is 5.95. The van der Waals surface area contributed by atoms with E-state index >= 15 is 0 Å². The normalized spacial score (nSPS) is 23.2. The number of nitrogens with zero attached hydrogens (tertiary/aromatic N) is 2. The first-order chi connectivity index (χ1) is 12.4. The molecule has 2 heterocycles. The molecule has 140 valence electrons. The Bertz CT molecular complexity index is 710. The molecule has 0 spiro atoms. The van der Waals surface area contributed by atoms with Gasteiger partial charge in [-0.25, -0.2) is 4.79 Å². The van der Waals surface area contributed by atoms with E-state index in [1.165, 1.54) is 4.90 Å². The third kappa shape index (κ3) is 3.74. The summed E-state index contributed by atoms with van der Waals surface area (Å²) in [4.78, 5) is 40.3. The predicted molar refractivity (Wildman–Crippen MR) is 96.9 cm³/mol. The quantitative estimate of drug-likeness (QED) is 0.899. The van der Waals surface area contributed by atoms with E-state index in [0.717, 1.165) is 24.0 Å². The summed E-state index contributed by atoms with van der Waals surface area (Å²) in [5, 5.41) is 9.31. The van der Waals surface area contributed by atoms with Crippen molar-refractivity contribution in [3.05, 3.63) is 34.9 Å². The van der Waals surface area contributed by atoms with Crippen molar-refractivity contribution in [1.82, 2.24) is 9.80 Å². The fourth-order valence-corrected chi connectivity index (χ4v) is 4.17. The SMILES string of the molecule is Cc1cc(C)cc(C(=O)N2CCCC(C(=O)N3CCC[C@H]3C(=O)O)C2)c1. The highest BCUT2D eigenvalue weighted by Gasteiger charge is 2.39. The Kier molecular flexibility index (Phi) is 5.30. The number of aliphatic carboxylic acids is 1. The van der Waals surface area contributed by atoms with Gasteiger partial charge in [0.2, 0.25) is 5.91 Å². The van der Waals surface area contributed by atoms with E-state index in [9.17, 15) is 19.5 Å². The molecule has 3 rings (SSSR count). The summed E-state index contributed by atoms with van der Waals surface area (Å²) >= 11 is 0. The van der Waals surface area contributed by atoms with Crippen LogP contribution in [0.4, 0.5) is 0 Å². The Morgan fingerprint density at radius 3 is 2.31 bits per heavy atom. The number of piperidine rings is 1. The van der Waals surface area contributed by atoms with Gasteiger partial charge in [-0.1, -0.05) is 17.2 Å². The van der Waals surface area contributed by atoms with Gasteiger partial charge in [-0.3, -0.25) is 9.59 Å². The number of aryl methyl sites for hydroxylation is 2. The minimum atomic E-state index is -0.935. The van der Waals surface area contributed by atoms with Crippen molar-refractivity contribution in [2.24, 2.45) is 5.92 Å². The number of carboxylic acids is 1. The summed E-state index contributed by atoms with van der Waals surface area (Å²) in [7, 11) is 0. The number of hydrogen-bond donors (Lipinski definition) is 1. The van der Waals surface area contributed by atoms with Crippen LogP contribution >= 0.6 is 0 Å². The molecule has 2 saturated heterocycles. The van der Waals surface area contributed by atoms with E-state index in [1.807, 2.05) is 32.0 Å². The van der Waals surface area contributed by atoms with Crippen LogP contribution in [0.3, 0.4) is 0 Å². The second kappa shape index (κ2) is 7.48. The first kappa shape index (κ1) is 18.4. The Hall–Kier alpha value is -2.37. The number of carbonyl (C=O) groups excluding carboxylic acids is 2. The van der Waals surface area contributed by atoms with Crippen molar-refractivity contribution >= 4 is 17.8 Å². The monoisotopic (exact) mass is 358 g/mol. The molecular formula is C20H26N2O4. The van der Waals surface area contributed by atoms with Gasteiger partial charge in [-0.05, 0) is 51.7 Å². The van der Waals surface area contributed by atoms with Crippen LogP contribution < -0.4 is 0 Å². The summed E-state index contributed by atoms with van der Waals surface area (Å²) in [6.45, 7) is 5.43. The molecule has 0 aromatic heterocycles. The summed E-state index contributed by atoms with van der Waals surface area (Å²) in [6, 6.07) is 5.07. The topological polar surface area (TPSA) is 77.9 Å². The number of rotatable bonds is 3. The highest BCUT2D eigenvalue weighted by Crippen LogP contribution is 2.26. The van der Waals surface area contributed by atoms with Gasteiger partial charge in [0.25, 0.3) is 5.91 Å². The van der Waals surface area contributed by atoms with Gasteiger partial charge in [-0.2, -0.15) is 0 Å². The third-order valence-corrected chi connectivity index (χ3v) is 5.35. The fraction of sp³-hybridized carbons (Fsp3) is 0.550. The standard InChI is InChI=1S/C20H26N2O4/c1-13-9-14(2)11-16(10-13)18(23)21-7-3-5-15(12-21)19(24)22-8-4-6-17(22)20(25)26/h9-11,15,17H,3-8,12H2,1-2H3,(H,25,26)/t15?,17-/m0/s1. The summed E-state index contributed by atoms with van der Waals surface area (Å²) < 4.78 is 0. The van der Waals surface area contributed by atoms with Crippen LogP contribution in [0, 0.1) is 19.8 Å². The lowest BCUT2D eigenvalue weighted by molar-refractivity contribution is -0.150. The Morgan fingerprint density at radius 2 is 1.65 bits per heavy atom. The Balaban J connectivity index is 1.71. The van der Waals surface area contributed by atoms with Gasteiger partial charge < -0.3 is 14.9 Å². The molecule has 1 unspecified atom stereocenters. The second-order valence-corrected chi connectivity index (χ2v) is 7.49. The molecule has 2 amide bonds. The molecule has 0 saturated carbocycles. The average molecular weight is 358 g/mol. The predicted octanol–water partition coefficient (Wildman–Crippen LogP) is 2.23. The molecule has 2 aliphatic heterocycles. The first-order valence-electron chi connectivity index (χ1n) is 9.27. The zero-order valence-electron chi connectivity index (χ0n) is 15.4. The van der Waals surface area contributed by atoms with Crippen LogP contribution in [-0.4, -0.2) is 58.4 Å². The fourth-order valence-electron chi connectivity index (χ4n) is 4.17. The largest absolute Gasteiger partial charge is 0.480 e. The molecule has 1 aromatic rings. The lowest BCUT2D eigenvalue weighted by Gasteiger charge is -2.35. The van der Waals surface area contributed by atoms with Gasteiger partial charge >= 0.3 is 5.97 Å². The lowest BCUT2D eigenvalue weighted by atomic mass is 9.95. The molecule has 0 radical (unpaired) electrons. The smallest absolute Gasteiger partial charge is 0.326 e. The molecule has 0 aliphatic carbocycles. The minimum absolute atomic E-state index is 0.0505. The summed E-state index contributed by atoms with van der Waals surface area (Å²) in [5.74, 6) is -1.41. The molecule has 1 aromatic carbocycles. The number of amides is 2. The van der Waals surface area contributed by atoms with E-state index in [4.69, 9.17) is 0 Å². The van der Waals surface area contributed by atoms with Gasteiger partial charge in [0.05, 0.1) is 5.92 Å². The van der Waals surface area contributed by atoms with Gasteiger partial charge in [0.15, 0.2) is 0 Å². The maximum atomic E-state index is 12.9. The van der Waals surface area contributed by atoms with Crippen molar-refractivity contribution in [2.45, 2.75) is 45.6 Å². The Morgan fingerprint density at radius 1 is 1.00 bits per heavy atom. The number of hydrogen-bond acceptors (Lipinski definition) is 3. The van der Waals surface area contributed by atoms with Crippen LogP contribution in [0.25, 0.3) is 0 Å². The number of carbonyl (C=O) groups is 3. The van der Waals surface area contributed by atoms with Gasteiger partial charge in [0, 0.05) is 25.2 Å². The summed E-state index contributed by atoms with van der Waals surface area (Å²) in [6.07, 6.45) is 2.70. The van der Waals surface area contributed by atoms with Crippen LogP contribution in [0.1, 0.15) is 47.2 Å². The van der Waals surface area contributed by atoms with E-state index < -0.39 is 12.0 Å². The van der Waals surface area contributed by atoms with Crippen molar-refractivity contribution < 1.29 is 19.5 Å². The number of carboxylic acid groups (broad SMARTS) is 1. The van der Waals surface area contributed by atoms with Crippen molar-refractivity contribution in [3.63, 3.8) is 0 Å². The third-order valence-electron chi connectivity index (χ3n) is 5.35. The van der Waals surface area contributed by atoms with Crippen molar-refractivity contribution in [1.29, 1.82) is 0 Å². The zero-order chi connectivity index (χ0) is 18.8. The highest BCUT2D eigenvalue weighted by atomic mass is 16.4. The number of likely N-dealkylation sites (tertiary alicyclic amines) is 2. The maximum absolute atomic E-state index is 12.9. The van der Waals surface area contributed by atoms with Crippen molar-refractivity contribution in [2.75, 3.05) is 19.6 Å². The van der Waals surface area contributed by atoms with E-state index in [0.29, 0.717) is 38.0 Å². The van der Waals surface area contributed by atoms with Crippen LogP contribution in [0.5, 0.6) is 0 Å². The molecule has 6 heteroatoms. The Labute approximate surface area is 153 Å². The van der Waals surface area contributed by atoms with E-state index in [1.54, 1.807) is 4.90 Å².